The molecule has 1 aliphatic rings. The number of aliphatic carboxylic acids is 1. The zero-order valence-corrected chi connectivity index (χ0v) is 11.5. The van der Waals surface area contributed by atoms with Crippen LogP contribution in [0.25, 0.3) is 0 Å². The molecule has 6 heteroatoms. The minimum atomic E-state index is -0.866. The lowest BCUT2D eigenvalue weighted by molar-refractivity contribution is -0.154. The van der Waals surface area contributed by atoms with E-state index in [2.05, 4.69) is 5.32 Å². The molecular weight excluding hydrogens is 248 g/mol. The van der Waals surface area contributed by atoms with Crippen molar-refractivity contribution >= 4 is 11.9 Å². The smallest absolute Gasteiger partial charge is 0.311 e. The van der Waals surface area contributed by atoms with Crippen molar-refractivity contribution in [3.05, 3.63) is 0 Å². The second-order valence-electron chi connectivity index (χ2n) is 5.34. The van der Waals surface area contributed by atoms with Gasteiger partial charge in [0.1, 0.15) is 0 Å². The first-order valence-electron chi connectivity index (χ1n) is 6.80. The van der Waals surface area contributed by atoms with Crippen LogP contribution in [-0.2, 0) is 14.3 Å². The number of carbonyl (C=O) groups is 2. The van der Waals surface area contributed by atoms with E-state index in [9.17, 15) is 14.7 Å². The van der Waals surface area contributed by atoms with Crippen molar-refractivity contribution in [2.45, 2.75) is 45.1 Å². The van der Waals surface area contributed by atoms with Crippen LogP contribution >= 0.6 is 0 Å². The zero-order chi connectivity index (χ0) is 14.3. The molecule has 19 heavy (non-hydrogen) atoms. The summed E-state index contributed by atoms with van der Waals surface area (Å²) >= 11 is 0. The molecule has 1 saturated heterocycles. The van der Waals surface area contributed by atoms with Crippen LogP contribution in [-0.4, -0.2) is 42.8 Å². The number of amides is 1. The second-order valence-corrected chi connectivity index (χ2v) is 5.34. The van der Waals surface area contributed by atoms with E-state index in [4.69, 9.17) is 10.5 Å². The second kappa shape index (κ2) is 7.45. The summed E-state index contributed by atoms with van der Waals surface area (Å²) in [7, 11) is 0. The molecule has 0 aromatic rings. The molecule has 0 bridgehead atoms. The van der Waals surface area contributed by atoms with Crippen LogP contribution in [0, 0.1) is 5.41 Å². The lowest BCUT2D eigenvalue weighted by Crippen LogP contribution is -2.46. The lowest BCUT2D eigenvalue weighted by Gasteiger charge is -2.33. The predicted octanol–water partition coefficient (Wildman–Crippen LogP) is 0.502. The number of ether oxygens (including phenoxy) is 1. The van der Waals surface area contributed by atoms with E-state index in [0.717, 1.165) is 12.8 Å². The van der Waals surface area contributed by atoms with Gasteiger partial charge in [-0.3, -0.25) is 9.59 Å². The van der Waals surface area contributed by atoms with Gasteiger partial charge < -0.3 is 20.9 Å². The van der Waals surface area contributed by atoms with Crippen LogP contribution < -0.4 is 11.1 Å². The topological polar surface area (TPSA) is 102 Å². The van der Waals surface area contributed by atoms with Crippen LogP contribution in [0.2, 0.25) is 0 Å². The lowest BCUT2D eigenvalue weighted by atomic mass is 9.80. The van der Waals surface area contributed by atoms with Gasteiger partial charge in [-0.05, 0) is 32.6 Å². The highest BCUT2D eigenvalue weighted by atomic mass is 16.5. The highest BCUT2D eigenvalue weighted by Gasteiger charge is 2.40. The Kier molecular flexibility index (Phi) is 6.24. The molecule has 1 heterocycles. The molecule has 1 aliphatic heterocycles. The predicted molar refractivity (Wildman–Crippen MR) is 70.6 cm³/mol. The van der Waals surface area contributed by atoms with E-state index in [-0.39, 0.29) is 18.5 Å². The molecule has 1 amide bonds. The zero-order valence-electron chi connectivity index (χ0n) is 11.5. The maximum Gasteiger partial charge on any atom is 0.311 e. The van der Waals surface area contributed by atoms with Gasteiger partial charge in [0.2, 0.25) is 5.91 Å². The first-order chi connectivity index (χ1) is 8.96. The van der Waals surface area contributed by atoms with Crippen LogP contribution in [0.15, 0.2) is 0 Å². The Morgan fingerprint density at radius 3 is 2.58 bits per heavy atom. The van der Waals surface area contributed by atoms with Gasteiger partial charge in [-0.15, -0.1) is 0 Å². The third-order valence-electron chi connectivity index (χ3n) is 3.59. The van der Waals surface area contributed by atoms with Gasteiger partial charge in [-0.2, -0.15) is 0 Å². The summed E-state index contributed by atoms with van der Waals surface area (Å²) in [5, 5.41) is 12.1. The van der Waals surface area contributed by atoms with E-state index < -0.39 is 11.4 Å². The number of nitrogens with one attached hydrogen (secondary N) is 1. The SMILES string of the molecule is CC(N)CCCC(=O)NCC1(C(=O)O)CCOCC1. The molecule has 1 fully saturated rings. The van der Waals surface area contributed by atoms with Crippen LogP contribution in [0.1, 0.15) is 39.0 Å². The fraction of sp³-hybridized carbons (Fsp3) is 0.846. The Morgan fingerprint density at radius 2 is 2.05 bits per heavy atom. The number of carboxylic acids is 1. The van der Waals surface area contributed by atoms with Gasteiger partial charge in [0.05, 0.1) is 5.41 Å². The van der Waals surface area contributed by atoms with Gasteiger partial charge >= 0.3 is 5.97 Å². The summed E-state index contributed by atoms with van der Waals surface area (Å²) in [5.41, 5.74) is 4.74. The molecule has 110 valence electrons. The minimum Gasteiger partial charge on any atom is -0.481 e. The summed E-state index contributed by atoms with van der Waals surface area (Å²) in [4.78, 5) is 23.0. The number of nitrogens with two attached hydrogens (primary N) is 1. The quantitative estimate of drug-likeness (QED) is 0.626. The molecule has 0 aromatic heterocycles. The van der Waals surface area contributed by atoms with Crippen LogP contribution in [0.3, 0.4) is 0 Å². The van der Waals surface area contributed by atoms with Gasteiger partial charge in [0, 0.05) is 32.2 Å². The van der Waals surface area contributed by atoms with E-state index in [1.165, 1.54) is 0 Å². The molecule has 6 nitrogen and oxygen atoms in total. The van der Waals surface area contributed by atoms with Crippen molar-refractivity contribution in [3.8, 4) is 0 Å². The van der Waals surface area contributed by atoms with Crippen molar-refractivity contribution in [1.82, 2.24) is 5.32 Å². The molecule has 0 spiro atoms. The fourth-order valence-electron chi connectivity index (χ4n) is 2.17. The first kappa shape index (κ1) is 15.9. The number of carboxylic acid groups (broad SMARTS) is 1. The van der Waals surface area contributed by atoms with Crippen molar-refractivity contribution in [2.75, 3.05) is 19.8 Å². The molecule has 1 rings (SSSR count). The number of hydrogen-bond acceptors (Lipinski definition) is 4. The van der Waals surface area contributed by atoms with Crippen molar-refractivity contribution in [2.24, 2.45) is 11.1 Å². The Balaban J connectivity index is 2.35. The highest BCUT2D eigenvalue weighted by molar-refractivity contribution is 5.79. The Morgan fingerprint density at radius 1 is 1.42 bits per heavy atom. The summed E-state index contributed by atoms with van der Waals surface area (Å²) in [6.07, 6.45) is 2.82. The molecule has 0 aliphatic carbocycles. The number of rotatable bonds is 7. The molecule has 0 radical (unpaired) electrons. The normalized spacial score (nSPS) is 19.7. The average Bonchev–Trinajstić information content (AvgIpc) is 2.37. The van der Waals surface area contributed by atoms with Gasteiger partial charge in [0.25, 0.3) is 0 Å². The maximum absolute atomic E-state index is 11.7. The van der Waals surface area contributed by atoms with Gasteiger partial charge in [-0.25, -0.2) is 0 Å². The Bertz CT molecular complexity index is 312. The van der Waals surface area contributed by atoms with Crippen molar-refractivity contribution in [3.63, 3.8) is 0 Å². The number of carbonyl (C=O) groups excluding carboxylic acids is 1. The monoisotopic (exact) mass is 272 g/mol. The minimum absolute atomic E-state index is 0.0913. The van der Waals surface area contributed by atoms with Crippen molar-refractivity contribution < 1.29 is 19.4 Å². The van der Waals surface area contributed by atoms with Gasteiger partial charge in [0.15, 0.2) is 0 Å². The maximum atomic E-state index is 11.7. The number of hydrogen-bond donors (Lipinski definition) is 3. The largest absolute Gasteiger partial charge is 0.481 e. The molecule has 1 unspecified atom stereocenters. The third kappa shape index (κ3) is 5.16. The Hall–Kier alpha value is -1.14. The van der Waals surface area contributed by atoms with Crippen LogP contribution in [0.4, 0.5) is 0 Å². The third-order valence-corrected chi connectivity index (χ3v) is 3.59. The summed E-state index contributed by atoms with van der Waals surface area (Å²) < 4.78 is 5.18. The molecular formula is C13H24N2O4. The fourth-order valence-corrected chi connectivity index (χ4v) is 2.17. The summed E-state index contributed by atoms with van der Waals surface area (Å²) in [6, 6.07) is 0.0913. The van der Waals surface area contributed by atoms with E-state index in [0.29, 0.717) is 32.5 Å². The van der Waals surface area contributed by atoms with E-state index in [1.54, 1.807) is 0 Å². The molecule has 4 N–H and O–H groups in total. The molecule has 0 aromatic carbocycles. The molecule has 1 atom stereocenters. The van der Waals surface area contributed by atoms with Crippen molar-refractivity contribution in [1.29, 1.82) is 0 Å². The van der Waals surface area contributed by atoms with Crippen LogP contribution in [0.5, 0.6) is 0 Å². The summed E-state index contributed by atoms with van der Waals surface area (Å²) in [5.74, 6) is -0.959. The van der Waals surface area contributed by atoms with E-state index >= 15 is 0 Å². The Labute approximate surface area is 113 Å². The summed E-state index contributed by atoms with van der Waals surface area (Å²) in [6.45, 7) is 2.96. The molecule has 0 saturated carbocycles. The highest BCUT2D eigenvalue weighted by Crippen LogP contribution is 2.30. The average molecular weight is 272 g/mol. The van der Waals surface area contributed by atoms with E-state index in [1.807, 2.05) is 6.92 Å². The van der Waals surface area contributed by atoms with Gasteiger partial charge in [-0.1, -0.05) is 0 Å². The first-order valence-corrected chi connectivity index (χ1v) is 6.80. The standard InChI is InChI=1S/C13H24N2O4/c1-10(14)3-2-4-11(16)15-9-13(12(17)18)5-7-19-8-6-13/h10H,2-9,14H2,1H3,(H,15,16)(H,17,18).